The van der Waals surface area contributed by atoms with Gasteiger partial charge in [0.1, 0.15) is 23.7 Å². The predicted octanol–water partition coefficient (Wildman–Crippen LogP) is 6.10. The van der Waals surface area contributed by atoms with Crippen molar-refractivity contribution in [3.63, 3.8) is 0 Å². The van der Waals surface area contributed by atoms with Crippen LogP contribution in [-0.2, 0) is 17.5 Å². The number of benzene rings is 1. The molecule has 0 amide bonds. The van der Waals surface area contributed by atoms with Gasteiger partial charge in [0.15, 0.2) is 11.5 Å². The van der Waals surface area contributed by atoms with Crippen LogP contribution in [-0.4, -0.2) is 26.2 Å². The van der Waals surface area contributed by atoms with Crippen LogP contribution in [0.3, 0.4) is 0 Å². The van der Waals surface area contributed by atoms with Gasteiger partial charge in [0.25, 0.3) is 0 Å². The molecule has 0 atom stereocenters. The molecule has 4 rings (SSSR count). The summed E-state index contributed by atoms with van der Waals surface area (Å²) in [5.41, 5.74) is -0.223. The average molecular weight is 463 g/mol. The van der Waals surface area contributed by atoms with E-state index in [1.54, 1.807) is 25.3 Å². The number of pyridine rings is 2. The van der Waals surface area contributed by atoms with Gasteiger partial charge in [0.05, 0.1) is 5.02 Å². The third kappa shape index (κ3) is 4.39. The Bertz CT molecular complexity index is 1270. The molecule has 0 saturated carbocycles. The van der Waals surface area contributed by atoms with Gasteiger partial charge < -0.3 is 9.47 Å². The molecule has 3 aromatic heterocycles. The van der Waals surface area contributed by atoms with E-state index in [0.29, 0.717) is 18.1 Å². The van der Waals surface area contributed by atoms with Crippen molar-refractivity contribution >= 4 is 17.2 Å². The van der Waals surface area contributed by atoms with Gasteiger partial charge in [-0.15, -0.1) is 10.2 Å². The van der Waals surface area contributed by atoms with Crippen molar-refractivity contribution in [3.8, 4) is 22.6 Å². The van der Waals surface area contributed by atoms with E-state index < -0.39 is 11.7 Å². The molecule has 1 aromatic carbocycles. The van der Waals surface area contributed by atoms with Gasteiger partial charge in [0.2, 0.25) is 0 Å². The highest BCUT2D eigenvalue weighted by atomic mass is 35.5. The zero-order valence-corrected chi connectivity index (χ0v) is 17.9. The highest BCUT2D eigenvalue weighted by Gasteiger charge is 2.38. The van der Waals surface area contributed by atoms with Crippen molar-refractivity contribution in [3.05, 3.63) is 70.9 Å². The van der Waals surface area contributed by atoms with Crippen molar-refractivity contribution in [2.45, 2.75) is 26.6 Å². The number of alkyl halides is 3. The number of fused-ring (bicyclic) bond motifs is 1. The van der Waals surface area contributed by atoms with Crippen molar-refractivity contribution in [2.24, 2.45) is 0 Å². The Morgan fingerprint density at radius 3 is 2.59 bits per heavy atom. The van der Waals surface area contributed by atoms with E-state index in [9.17, 15) is 13.2 Å². The van der Waals surface area contributed by atoms with Crippen LogP contribution >= 0.6 is 11.6 Å². The number of aryl methyl sites for hydroxylation is 1. The number of rotatable bonds is 6. The lowest BCUT2D eigenvalue weighted by atomic mass is 10.0. The lowest BCUT2D eigenvalue weighted by Gasteiger charge is -2.15. The largest absolute Gasteiger partial charge is 0.456 e. The van der Waals surface area contributed by atoms with Gasteiger partial charge in [-0.1, -0.05) is 17.7 Å². The first-order chi connectivity index (χ1) is 15.3. The molecule has 0 bridgehead atoms. The Morgan fingerprint density at radius 1 is 1.09 bits per heavy atom. The summed E-state index contributed by atoms with van der Waals surface area (Å²) in [4.78, 5) is 4.09. The Kier molecular flexibility index (Phi) is 6.03. The molecule has 0 radical (unpaired) electrons. The van der Waals surface area contributed by atoms with Crippen LogP contribution in [0.2, 0.25) is 5.02 Å². The van der Waals surface area contributed by atoms with Crippen LogP contribution in [0.25, 0.3) is 16.8 Å². The standard InChI is InChI=1S/C22H18ClF3N4O2/c1-3-31-12-19-28-29-21-20(22(24,25)26)16(7-9-30(19)21)14-4-5-18(17(23)11-14)32-15-6-8-27-13(2)10-15/h4-11H,3,12H2,1-2H3. The number of nitrogens with zero attached hydrogens (tertiary/aromatic N) is 4. The maximum absolute atomic E-state index is 14.1. The van der Waals surface area contributed by atoms with E-state index in [1.165, 1.54) is 34.9 Å². The molecule has 32 heavy (non-hydrogen) atoms. The van der Waals surface area contributed by atoms with Crippen LogP contribution in [0, 0.1) is 6.92 Å². The maximum Gasteiger partial charge on any atom is 0.420 e. The summed E-state index contributed by atoms with van der Waals surface area (Å²) in [7, 11) is 0. The smallest absolute Gasteiger partial charge is 0.420 e. The second-order valence-corrected chi connectivity index (χ2v) is 7.34. The number of aromatic nitrogens is 4. The van der Waals surface area contributed by atoms with Crippen LogP contribution in [0.1, 0.15) is 24.0 Å². The van der Waals surface area contributed by atoms with E-state index in [0.717, 1.165) is 5.69 Å². The molecule has 6 nitrogen and oxygen atoms in total. The second-order valence-electron chi connectivity index (χ2n) is 6.93. The Balaban J connectivity index is 1.76. The molecule has 4 aromatic rings. The zero-order chi connectivity index (χ0) is 22.9. The molecule has 0 aliphatic heterocycles. The average Bonchev–Trinajstić information content (AvgIpc) is 3.15. The fourth-order valence-corrected chi connectivity index (χ4v) is 3.50. The molecule has 0 fully saturated rings. The Labute approximate surface area is 186 Å². The van der Waals surface area contributed by atoms with Gasteiger partial charge in [-0.2, -0.15) is 13.2 Å². The van der Waals surface area contributed by atoms with Crippen molar-refractivity contribution < 1.29 is 22.6 Å². The fourth-order valence-electron chi connectivity index (χ4n) is 3.28. The van der Waals surface area contributed by atoms with Gasteiger partial charge in [-0.05, 0) is 49.2 Å². The lowest BCUT2D eigenvalue weighted by Crippen LogP contribution is -2.11. The topological polar surface area (TPSA) is 61.5 Å². The number of ether oxygens (including phenoxy) is 2. The third-order valence-corrected chi connectivity index (χ3v) is 5.00. The summed E-state index contributed by atoms with van der Waals surface area (Å²) in [5.74, 6) is 1.13. The monoisotopic (exact) mass is 462 g/mol. The Hall–Kier alpha value is -3.17. The minimum absolute atomic E-state index is 0.0562. The minimum Gasteiger partial charge on any atom is -0.456 e. The summed E-state index contributed by atoms with van der Waals surface area (Å²) >= 11 is 6.34. The molecule has 0 aliphatic carbocycles. The highest BCUT2D eigenvalue weighted by molar-refractivity contribution is 6.32. The molecule has 0 saturated heterocycles. The summed E-state index contributed by atoms with van der Waals surface area (Å²) in [6.07, 6.45) is -1.58. The van der Waals surface area contributed by atoms with E-state index in [1.807, 2.05) is 6.92 Å². The first-order valence-electron chi connectivity index (χ1n) is 9.70. The third-order valence-electron chi connectivity index (χ3n) is 4.71. The van der Waals surface area contributed by atoms with Gasteiger partial charge in [-0.3, -0.25) is 9.38 Å². The SMILES string of the molecule is CCOCc1nnc2c(C(F)(F)F)c(-c3ccc(Oc4ccnc(C)c4)c(Cl)c3)ccn12. The highest BCUT2D eigenvalue weighted by Crippen LogP contribution is 2.41. The molecule has 0 unspecified atom stereocenters. The summed E-state index contributed by atoms with van der Waals surface area (Å²) in [5, 5.41) is 7.81. The molecule has 10 heteroatoms. The summed E-state index contributed by atoms with van der Waals surface area (Å²) < 4.78 is 54.5. The molecule has 0 aliphatic rings. The van der Waals surface area contributed by atoms with Crippen molar-refractivity contribution in [1.29, 1.82) is 0 Å². The summed E-state index contributed by atoms with van der Waals surface area (Å²) in [6, 6.07) is 9.25. The zero-order valence-electron chi connectivity index (χ0n) is 17.2. The fraction of sp³-hybridized carbons (Fsp3) is 0.227. The van der Waals surface area contributed by atoms with Crippen molar-refractivity contribution in [1.82, 2.24) is 19.6 Å². The van der Waals surface area contributed by atoms with Gasteiger partial charge >= 0.3 is 6.18 Å². The van der Waals surface area contributed by atoms with Crippen molar-refractivity contribution in [2.75, 3.05) is 6.61 Å². The molecule has 3 heterocycles. The number of hydrogen-bond acceptors (Lipinski definition) is 5. The van der Waals surface area contributed by atoms with E-state index in [-0.39, 0.29) is 34.2 Å². The van der Waals surface area contributed by atoms with Gasteiger partial charge in [0, 0.05) is 30.8 Å². The normalized spacial score (nSPS) is 11.8. The predicted molar refractivity (Wildman–Crippen MR) is 113 cm³/mol. The molecular weight excluding hydrogens is 445 g/mol. The van der Waals surface area contributed by atoms with Gasteiger partial charge in [-0.25, -0.2) is 0 Å². The van der Waals surface area contributed by atoms with Crippen LogP contribution < -0.4 is 4.74 Å². The first-order valence-corrected chi connectivity index (χ1v) is 10.1. The molecular formula is C22H18ClF3N4O2. The van der Waals surface area contributed by atoms with Crippen LogP contribution in [0.5, 0.6) is 11.5 Å². The summed E-state index contributed by atoms with van der Waals surface area (Å²) in [6.45, 7) is 4.07. The molecule has 166 valence electrons. The Morgan fingerprint density at radius 2 is 1.91 bits per heavy atom. The number of hydrogen-bond donors (Lipinski definition) is 0. The number of halogens is 4. The van der Waals surface area contributed by atoms with Crippen LogP contribution in [0.15, 0.2) is 48.8 Å². The van der Waals surface area contributed by atoms with Crippen LogP contribution in [0.4, 0.5) is 13.2 Å². The van der Waals surface area contributed by atoms with E-state index in [2.05, 4.69) is 15.2 Å². The van der Waals surface area contributed by atoms with E-state index in [4.69, 9.17) is 21.1 Å². The quantitative estimate of drug-likeness (QED) is 0.346. The second kappa shape index (κ2) is 8.76. The maximum atomic E-state index is 14.1. The molecule has 0 N–H and O–H groups in total. The minimum atomic E-state index is -4.66. The molecule has 0 spiro atoms. The first kappa shape index (κ1) is 22.0. The lowest BCUT2D eigenvalue weighted by molar-refractivity contribution is -0.136. The van der Waals surface area contributed by atoms with E-state index >= 15 is 0 Å².